The average Bonchev–Trinajstić information content (AvgIpc) is 1.88. The summed E-state index contributed by atoms with van der Waals surface area (Å²) in [5, 5.41) is 0. The first-order valence-corrected chi connectivity index (χ1v) is 3.66. The molecule has 0 bridgehead atoms. The molecule has 1 heterocycles. The van der Waals surface area contributed by atoms with Crippen molar-refractivity contribution in [1.82, 2.24) is 0 Å². The lowest BCUT2D eigenvalue weighted by Crippen LogP contribution is -2.68. The summed E-state index contributed by atoms with van der Waals surface area (Å²) in [7, 11) is -4.94. The molecule has 0 aliphatic rings. The molecule has 1 rings (SSSR count). The van der Waals surface area contributed by atoms with Crippen molar-refractivity contribution >= 4 is 0 Å². The minimum Gasteiger partial charge on any atom is -0.224 e. The maximum Gasteiger partial charge on any atom is 0.317 e. The Kier molecular flexibility index (Phi) is 4.67. The summed E-state index contributed by atoms with van der Waals surface area (Å²) in [6, 6.07) is 5.57. The van der Waals surface area contributed by atoms with Gasteiger partial charge in [0.15, 0.2) is 0 Å². The molecule has 0 fully saturated rings. The zero-order valence-electron chi connectivity index (χ0n) is 5.31. The van der Waals surface area contributed by atoms with Gasteiger partial charge >= 0.3 is 12.5 Å². The summed E-state index contributed by atoms with van der Waals surface area (Å²) in [5.74, 6) is 0. The van der Waals surface area contributed by atoms with E-state index < -0.39 is 10.2 Å². The zero-order chi connectivity index (χ0) is 8.74. The van der Waals surface area contributed by atoms with Gasteiger partial charge in [0.2, 0.25) is 0 Å². The Morgan fingerprint density at radius 1 is 0.818 bits per heavy atom. The van der Waals surface area contributed by atoms with Crippen LogP contribution in [0.25, 0.3) is 0 Å². The fourth-order valence-electron chi connectivity index (χ4n) is 0.291. The quantitative estimate of drug-likeness (QED) is 0.391. The molecule has 0 aliphatic carbocycles. The third-order valence-corrected chi connectivity index (χ3v) is 0.536. The highest BCUT2D eigenvalue weighted by Gasteiger charge is 1.84. The summed E-state index contributed by atoms with van der Waals surface area (Å²) in [6.45, 7) is 0. The summed E-state index contributed by atoms with van der Waals surface area (Å²) in [5.41, 5.74) is 0. The molecule has 62 valence electrons. The van der Waals surface area contributed by atoms with Crippen molar-refractivity contribution < 1.29 is 33.3 Å². The van der Waals surface area contributed by atoms with Gasteiger partial charge in [-0.1, -0.05) is 0 Å². The van der Waals surface area contributed by atoms with Gasteiger partial charge in [0.1, 0.15) is 0 Å². The Balaban J connectivity index is 0.000000187. The van der Waals surface area contributed by atoms with Gasteiger partial charge in [-0.15, -0.1) is 10.2 Å². The molecule has 0 radical (unpaired) electrons. The zero-order valence-corrected chi connectivity index (χ0v) is 6.06. The molecule has 0 amide bonds. The van der Waals surface area contributed by atoms with Crippen LogP contribution in [0.15, 0.2) is 35.1 Å². The van der Waals surface area contributed by atoms with Crippen LogP contribution in [0, 0.1) is 10.2 Å². The van der Waals surface area contributed by atoms with Crippen molar-refractivity contribution in [3.05, 3.63) is 30.7 Å². The fourth-order valence-corrected chi connectivity index (χ4v) is 0.291. The van der Waals surface area contributed by atoms with Gasteiger partial charge in [0.25, 0.3) is 0 Å². The lowest BCUT2D eigenvalue weighted by atomic mass is 10.6. The Bertz CT molecular complexity index is 139. The minimum atomic E-state index is -4.94. The predicted molar refractivity (Wildman–Crippen MR) is 23.1 cm³/mol. The van der Waals surface area contributed by atoms with E-state index in [0.29, 0.717) is 0 Å². The topological polar surface area (TPSA) is 104 Å². The highest BCUT2D eigenvalue weighted by Crippen LogP contribution is 1.79. The fraction of sp³-hybridized carbons (Fsp3) is 0. The van der Waals surface area contributed by atoms with Crippen LogP contribution in [0.5, 0.6) is 0 Å². The van der Waals surface area contributed by atoms with E-state index in [1.54, 1.807) is 12.5 Å². The molecule has 11 heavy (non-hydrogen) atoms. The summed E-state index contributed by atoms with van der Waals surface area (Å²) >= 11 is 0. The highest BCUT2D eigenvalue weighted by molar-refractivity contribution is 4.84. The van der Waals surface area contributed by atoms with Crippen molar-refractivity contribution in [3.8, 4) is 0 Å². The lowest BCUT2D eigenvalue weighted by molar-refractivity contribution is -2.00. The lowest BCUT2D eigenvalue weighted by Gasteiger charge is -2.17. The van der Waals surface area contributed by atoms with Gasteiger partial charge < -0.3 is 0 Å². The first-order chi connectivity index (χ1) is 5.00. The maximum absolute atomic E-state index is 8.49. The first kappa shape index (κ1) is 10.3. The van der Waals surface area contributed by atoms with Crippen molar-refractivity contribution in [2.45, 2.75) is 0 Å². The Labute approximate surface area is 64.9 Å². The van der Waals surface area contributed by atoms with E-state index in [2.05, 4.69) is 4.42 Å². The van der Waals surface area contributed by atoms with Gasteiger partial charge in [-0.25, -0.2) is 23.1 Å². The van der Waals surface area contributed by atoms with Gasteiger partial charge in [0.05, 0.1) is 0 Å². The van der Waals surface area contributed by atoms with E-state index in [9.17, 15) is 0 Å². The monoisotopic (exact) mass is 180 g/mol. The van der Waals surface area contributed by atoms with E-state index >= 15 is 0 Å². The second kappa shape index (κ2) is 5.00. The van der Waals surface area contributed by atoms with E-state index in [1.807, 2.05) is 18.2 Å². The Morgan fingerprint density at radius 3 is 1.27 bits per heavy atom. The minimum absolute atomic E-state index is 1.62. The van der Waals surface area contributed by atoms with Crippen LogP contribution in [-0.4, -0.2) is 0 Å². The maximum atomic E-state index is 8.49. The molecule has 0 N–H and O–H groups in total. The van der Waals surface area contributed by atoms with E-state index in [4.69, 9.17) is 18.6 Å². The molecule has 0 saturated heterocycles. The van der Waals surface area contributed by atoms with Crippen molar-refractivity contribution in [1.29, 1.82) is 0 Å². The number of hydrogen-bond acceptors (Lipinski definition) is 4. The molecule has 6 heteroatoms. The van der Waals surface area contributed by atoms with E-state index in [0.717, 1.165) is 0 Å². The molecular formula is C5H5ClO5. The predicted octanol–water partition coefficient (Wildman–Crippen LogP) is -3.20. The molecule has 0 saturated carbocycles. The number of rotatable bonds is 0. The van der Waals surface area contributed by atoms with Crippen LogP contribution < -0.4 is 18.6 Å². The summed E-state index contributed by atoms with van der Waals surface area (Å²) < 4.78 is 38.6. The van der Waals surface area contributed by atoms with Crippen LogP contribution in [-0.2, 0) is 0 Å². The molecule has 0 spiro atoms. The third kappa shape index (κ3) is 17.6. The van der Waals surface area contributed by atoms with Gasteiger partial charge in [-0.2, -0.15) is 0 Å². The van der Waals surface area contributed by atoms with Gasteiger partial charge in [0, 0.05) is 12.1 Å². The smallest absolute Gasteiger partial charge is 0.224 e. The van der Waals surface area contributed by atoms with Gasteiger partial charge in [-0.3, -0.25) is 0 Å². The molecule has 0 aromatic carbocycles. The SMILES string of the molecule is [O-][Cl+3]([O-])([O-])[O-].c1cc[o+]cc1. The number of hydrogen-bond donors (Lipinski definition) is 0. The summed E-state index contributed by atoms with van der Waals surface area (Å²) in [6.07, 6.45) is 3.25. The highest BCUT2D eigenvalue weighted by atomic mass is 35.7. The number of halogens is 1. The average molecular weight is 181 g/mol. The largest absolute Gasteiger partial charge is 0.317 e. The molecule has 5 nitrogen and oxygen atoms in total. The van der Waals surface area contributed by atoms with Gasteiger partial charge in [-0.05, 0) is 6.07 Å². The molecular weight excluding hydrogens is 176 g/mol. The second-order valence-corrected chi connectivity index (χ2v) is 2.12. The van der Waals surface area contributed by atoms with Crippen LogP contribution in [0.1, 0.15) is 0 Å². The van der Waals surface area contributed by atoms with Crippen molar-refractivity contribution in [2.24, 2.45) is 0 Å². The second-order valence-electron chi connectivity index (χ2n) is 1.36. The van der Waals surface area contributed by atoms with Crippen LogP contribution >= 0.6 is 0 Å². The third-order valence-electron chi connectivity index (χ3n) is 0.536. The summed E-state index contributed by atoms with van der Waals surface area (Å²) in [4.78, 5) is 0. The van der Waals surface area contributed by atoms with Crippen molar-refractivity contribution in [3.63, 3.8) is 0 Å². The van der Waals surface area contributed by atoms with Crippen molar-refractivity contribution in [2.75, 3.05) is 0 Å². The van der Waals surface area contributed by atoms with E-state index in [-0.39, 0.29) is 0 Å². The molecule has 0 unspecified atom stereocenters. The Hall–Kier alpha value is -0.720. The molecule has 0 aliphatic heterocycles. The molecule has 0 atom stereocenters. The first-order valence-electron chi connectivity index (χ1n) is 2.42. The Morgan fingerprint density at radius 2 is 1.18 bits per heavy atom. The van der Waals surface area contributed by atoms with Crippen LogP contribution in [0.2, 0.25) is 0 Å². The standard InChI is InChI=1S/C5H5O.ClHO4/c1-2-4-6-5-3-1;2-1(3,4)5/h1-5H;(H,2,3,4,5)/q+1;/p-1. The van der Waals surface area contributed by atoms with Crippen LogP contribution in [0.3, 0.4) is 0 Å². The van der Waals surface area contributed by atoms with E-state index in [1.165, 1.54) is 0 Å². The molecule has 1 aromatic heterocycles. The molecule has 1 aromatic rings. The van der Waals surface area contributed by atoms with Crippen LogP contribution in [0.4, 0.5) is 0 Å². The normalized spacial score (nSPS) is 9.82.